The fourth-order valence-corrected chi connectivity index (χ4v) is 3.95. The molecule has 3 heterocycles. The van der Waals surface area contributed by atoms with Crippen LogP contribution < -0.4 is 24.4 Å². The molecular weight excluding hydrogens is 454 g/mol. The topological polar surface area (TPSA) is 118 Å². The molecule has 0 unspecified atom stereocenters. The van der Waals surface area contributed by atoms with Crippen molar-refractivity contribution in [3.05, 3.63) is 82.6 Å². The van der Waals surface area contributed by atoms with Gasteiger partial charge in [0.25, 0.3) is 0 Å². The average molecular weight is 473 g/mol. The molecule has 1 aromatic heterocycles. The van der Waals surface area contributed by atoms with Crippen LogP contribution in [0.15, 0.2) is 76.2 Å². The second-order valence-corrected chi connectivity index (χ2v) is 7.65. The van der Waals surface area contributed by atoms with Crippen molar-refractivity contribution in [1.82, 2.24) is 0 Å². The van der Waals surface area contributed by atoms with Crippen molar-refractivity contribution in [1.29, 1.82) is 0 Å². The lowest BCUT2D eigenvalue weighted by molar-refractivity contribution is -0.384. The first-order valence-electron chi connectivity index (χ1n) is 10.6. The van der Waals surface area contributed by atoms with Crippen LogP contribution in [-0.4, -0.2) is 24.7 Å². The summed E-state index contributed by atoms with van der Waals surface area (Å²) in [4.78, 5) is 11.8. The lowest BCUT2D eigenvalue weighted by Crippen LogP contribution is -1.95. The first-order valence-corrected chi connectivity index (χ1v) is 10.6. The third-order valence-corrected chi connectivity index (χ3v) is 5.54. The number of hydrazone groups is 1. The number of nitro groups is 1. The maximum absolute atomic E-state index is 12.3. The number of fused-ring (bicyclic) bond motifs is 2. The zero-order valence-electron chi connectivity index (χ0n) is 18.1. The molecule has 0 radical (unpaired) electrons. The van der Waals surface area contributed by atoms with Gasteiger partial charge in [-0.1, -0.05) is 24.3 Å². The minimum Gasteiger partial charge on any atom is -0.454 e. The van der Waals surface area contributed by atoms with Crippen molar-refractivity contribution in [2.45, 2.75) is 0 Å². The van der Waals surface area contributed by atoms with Gasteiger partial charge in [-0.15, -0.1) is 0 Å². The minimum absolute atomic E-state index is 0. The smallest absolute Gasteiger partial charge is 0.324 e. The van der Waals surface area contributed by atoms with Crippen LogP contribution in [0.1, 0.15) is 7.19 Å². The highest BCUT2D eigenvalue weighted by atomic mass is 16.7. The van der Waals surface area contributed by atoms with E-state index in [0.29, 0.717) is 34.1 Å². The van der Waals surface area contributed by atoms with Crippen LogP contribution in [0.4, 0.5) is 11.4 Å². The third-order valence-electron chi connectivity index (χ3n) is 5.54. The Kier molecular flexibility index (Phi) is 4.95. The quantitative estimate of drug-likeness (QED) is 0.216. The molecule has 2 aliphatic heterocycles. The summed E-state index contributed by atoms with van der Waals surface area (Å²) < 4.78 is 27.8. The summed E-state index contributed by atoms with van der Waals surface area (Å²) >= 11 is 0. The van der Waals surface area contributed by atoms with Crippen molar-refractivity contribution in [2.75, 3.05) is 19.0 Å². The summed E-state index contributed by atoms with van der Waals surface area (Å²) in [5.74, 6) is 2.45. The standard InChI is InChI=1S/C25H17N3O7.H2/c29-28(30)24-22(12-26-27-17-4-2-1-3-5-17)35-25(16-7-9-19-21(11-16)34-14-32-19)23(24)15-6-8-18-20(10-15)33-13-31-18;/h1-12,27H,13-14H2;1H/b26-12+;. The molecule has 176 valence electrons. The summed E-state index contributed by atoms with van der Waals surface area (Å²) in [6.45, 7) is 0.194. The molecule has 0 aliphatic carbocycles. The van der Waals surface area contributed by atoms with Gasteiger partial charge in [0.15, 0.2) is 23.0 Å². The van der Waals surface area contributed by atoms with E-state index in [-0.39, 0.29) is 37.8 Å². The van der Waals surface area contributed by atoms with Crippen molar-refractivity contribution >= 4 is 17.6 Å². The van der Waals surface area contributed by atoms with Crippen molar-refractivity contribution in [3.8, 4) is 45.4 Å². The predicted octanol–water partition coefficient (Wildman–Crippen LogP) is 5.67. The van der Waals surface area contributed by atoms with Crippen LogP contribution in [0.3, 0.4) is 0 Å². The van der Waals surface area contributed by atoms with E-state index in [2.05, 4.69) is 10.5 Å². The summed E-state index contributed by atoms with van der Waals surface area (Å²) in [5.41, 5.74) is 4.75. The molecule has 0 saturated heterocycles. The number of anilines is 1. The maximum Gasteiger partial charge on any atom is 0.324 e. The second kappa shape index (κ2) is 8.41. The molecule has 3 aromatic carbocycles. The van der Waals surface area contributed by atoms with Crippen LogP contribution in [0.25, 0.3) is 22.5 Å². The van der Waals surface area contributed by atoms with Crippen molar-refractivity contribution in [2.24, 2.45) is 5.10 Å². The molecule has 0 amide bonds. The van der Waals surface area contributed by atoms with E-state index >= 15 is 0 Å². The van der Waals surface area contributed by atoms with E-state index in [1.165, 1.54) is 6.21 Å². The van der Waals surface area contributed by atoms with E-state index in [4.69, 9.17) is 23.4 Å². The molecule has 6 rings (SSSR count). The Balaban J connectivity index is 0.00000267. The Morgan fingerprint density at radius 3 is 2.17 bits per heavy atom. The molecule has 10 nitrogen and oxygen atoms in total. The number of hydrogen-bond acceptors (Lipinski definition) is 9. The van der Waals surface area contributed by atoms with Crippen LogP contribution >= 0.6 is 0 Å². The summed E-state index contributed by atoms with van der Waals surface area (Å²) in [7, 11) is 0. The van der Waals surface area contributed by atoms with Crippen LogP contribution in [0.2, 0.25) is 0 Å². The van der Waals surface area contributed by atoms with Gasteiger partial charge >= 0.3 is 5.69 Å². The number of nitrogens with one attached hydrogen (secondary N) is 1. The highest BCUT2D eigenvalue weighted by molar-refractivity contribution is 5.96. The fraction of sp³-hybridized carbons (Fsp3) is 0.0800. The first-order chi connectivity index (χ1) is 17.2. The van der Waals surface area contributed by atoms with E-state index in [0.717, 1.165) is 5.69 Å². The Morgan fingerprint density at radius 1 is 0.857 bits per heavy atom. The van der Waals surface area contributed by atoms with Gasteiger partial charge in [-0.2, -0.15) is 5.10 Å². The summed E-state index contributed by atoms with van der Waals surface area (Å²) in [6.07, 6.45) is 1.29. The van der Waals surface area contributed by atoms with Crippen LogP contribution in [-0.2, 0) is 0 Å². The molecule has 0 atom stereocenters. The van der Waals surface area contributed by atoms with Gasteiger partial charge in [0.1, 0.15) is 11.3 Å². The van der Waals surface area contributed by atoms with Gasteiger partial charge in [0.05, 0.1) is 16.8 Å². The second-order valence-electron chi connectivity index (χ2n) is 7.65. The number of para-hydroxylation sites is 1. The zero-order chi connectivity index (χ0) is 23.8. The number of hydrogen-bond donors (Lipinski definition) is 1. The molecule has 10 heteroatoms. The average Bonchev–Trinajstić information content (AvgIpc) is 3.61. The molecule has 0 fully saturated rings. The van der Waals surface area contributed by atoms with E-state index in [1.54, 1.807) is 36.4 Å². The number of furan rings is 1. The molecule has 35 heavy (non-hydrogen) atoms. The predicted molar refractivity (Wildman–Crippen MR) is 128 cm³/mol. The normalized spacial score (nSPS) is 13.4. The minimum atomic E-state index is -0.482. The summed E-state index contributed by atoms with van der Waals surface area (Å²) in [6, 6.07) is 19.6. The lowest BCUT2D eigenvalue weighted by atomic mass is 9.99. The Hall–Kier alpha value is -4.99. The van der Waals surface area contributed by atoms with Crippen LogP contribution in [0.5, 0.6) is 23.0 Å². The van der Waals surface area contributed by atoms with Crippen molar-refractivity contribution in [3.63, 3.8) is 0 Å². The SMILES string of the molecule is O=[N+]([O-])c1c(/C=N/Nc2ccccc2)oc(-c2ccc3c(c2)OCO3)c1-c1ccc2c(c1)OCO2.[HH]. The largest absolute Gasteiger partial charge is 0.454 e. The third kappa shape index (κ3) is 3.76. The van der Waals surface area contributed by atoms with Gasteiger partial charge in [-0.25, -0.2) is 0 Å². The molecule has 0 spiro atoms. The van der Waals surface area contributed by atoms with Gasteiger partial charge < -0.3 is 23.4 Å². The summed E-state index contributed by atoms with van der Waals surface area (Å²) in [5, 5.41) is 16.4. The van der Waals surface area contributed by atoms with E-state index in [9.17, 15) is 10.1 Å². The molecule has 0 bridgehead atoms. The lowest BCUT2D eigenvalue weighted by Gasteiger charge is -2.05. The Morgan fingerprint density at radius 2 is 1.49 bits per heavy atom. The first kappa shape index (κ1) is 20.6. The Labute approximate surface area is 199 Å². The van der Waals surface area contributed by atoms with Gasteiger partial charge in [-0.05, 0) is 48.0 Å². The number of rotatable bonds is 6. The highest BCUT2D eigenvalue weighted by Crippen LogP contribution is 2.47. The number of benzene rings is 3. The fourth-order valence-electron chi connectivity index (χ4n) is 3.95. The van der Waals surface area contributed by atoms with Gasteiger partial charge in [0, 0.05) is 6.99 Å². The number of nitrogens with zero attached hydrogens (tertiary/aromatic N) is 2. The molecule has 1 N–H and O–H groups in total. The Bertz CT molecular complexity index is 1470. The zero-order valence-corrected chi connectivity index (χ0v) is 18.1. The molecule has 2 aliphatic rings. The highest BCUT2D eigenvalue weighted by Gasteiger charge is 2.32. The molecular formula is C25H19N3O7. The van der Waals surface area contributed by atoms with Gasteiger partial charge in [-0.3, -0.25) is 15.5 Å². The number of ether oxygens (including phenoxy) is 4. The van der Waals surface area contributed by atoms with E-state index in [1.807, 2.05) is 30.3 Å². The van der Waals surface area contributed by atoms with Crippen molar-refractivity contribution < 1.29 is 29.7 Å². The molecule has 0 saturated carbocycles. The maximum atomic E-state index is 12.3. The van der Waals surface area contributed by atoms with Gasteiger partial charge in [0.2, 0.25) is 19.3 Å². The monoisotopic (exact) mass is 473 g/mol. The van der Waals surface area contributed by atoms with E-state index < -0.39 is 4.92 Å². The molecule has 4 aromatic rings. The van der Waals surface area contributed by atoms with Crippen LogP contribution in [0, 0.1) is 10.1 Å².